The van der Waals surface area contributed by atoms with Gasteiger partial charge in [-0.2, -0.15) is 0 Å². The molecule has 0 spiro atoms. The molecule has 0 aromatic carbocycles. The summed E-state index contributed by atoms with van der Waals surface area (Å²) in [5, 5.41) is 10.8. The highest BCUT2D eigenvalue weighted by molar-refractivity contribution is 5.86. The molecule has 98 valence electrons. The fourth-order valence-corrected chi connectivity index (χ4v) is 1.52. The second kappa shape index (κ2) is 5.90. The quantitative estimate of drug-likeness (QED) is 0.839. The van der Waals surface area contributed by atoms with Crippen molar-refractivity contribution in [2.75, 3.05) is 12.4 Å². The minimum absolute atomic E-state index is 0.182. The third kappa shape index (κ3) is 3.25. The zero-order valence-electron chi connectivity index (χ0n) is 10.8. The molecule has 0 bridgehead atoms. The lowest BCUT2D eigenvalue weighted by Crippen LogP contribution is -2.09. The lowest BCUT2D eigenvalue weighted by Gasteiger charge is -2.06. The fraction of sp³-hybridized carbons (Fsp3) is 0.231. The summed E-state index contributed by atoms with van der Waals surface area (Å²) in [4.78, 5) is 15.5. The van der Waals surface area contributed by atoms with Gasteiger partial charge >= 0.3 is 5.97 Å². The highest BCUT2D eigenvalue weighted by atomic mass is 16.5. The number of nitrogens with one attached hydrogen (secondary N) is 1. The van der Waals surface area contributed by atoms with Crippen LogP contribution in [0.15, 0.2) is 30.5 Å². The summed E-state index contributed by atoms with van der Waals surface area (Å²) in [5.41, 5.74) is 2.23. The molecule has 0 atom stereocenters. The average molecular weight is 258 g/mol. The average Bonchev–Trinajstić information content (AvgIpc) is 2.46. The number of ether oxygens (including phenoxy) is 1. The van der Waals surface area contributed by atoms with E-state index in [4.69, 9.17) is 0 Å². The van der Waals surface area contributed by atoms with Crippen LogP contribution in [0.2, 0.25) is 0 Å². The van der Waals surface area contributed by atoms with Crippen LogP contribution < -0.4 is 5.32 Å². The standard InChI is InChI=1S/C13H14N4O2/c1-9-4-3-7-14-11(9)8-15-12-6-5-10(16-17-12)13(18)19-2/h3-7H,8H2,1-2H3,(H,15,17). The molecular weight excluding hydrogens is 244 g/mol. The van der Waals surface area contributed by atoms with Crippen LogP contribution in [-0.2, 0) is 11.3 Å². The second-order valence-corrected chi connectivity index (χ2v) is 3.92. The first-order valence-electron chi connectivity index (χ1n) is 5.77. The molecule has 0 aliphatic rings. The Hall–Kier alpha value is -2.50. The van der Waals surface area contributed by atoms with Gasteiger partial charge in [-0.15, -0.1) is 10.2 Å². The first-order valence-corrected chi connectivity index (χ1v) is 5.77. The summed E-state index contributed by atoms with van der Waals surface area (Å²) < 4.78 is 4.55. The summed E-state index contributed by atoms with van der Waals surface area (Å²) in [6.07, 6.45) is 1.75. The molecule has 6 nitrogen and oxygen atoms in total. The first-order chi connectivity index (χ1) is 9.20. The van der Waals surface area contributed by atoms with Crippen LogP contribution >= 0.6 is 0 Å². The molecule has 2 aromatic heterocycles. The number of hydrogen-bond donors (Lipinski definition) is 1. The molecule has 0 saturated carbocycles. The van der Waals surface area contributed by atoms with Crippen molar-refractivity contribution < 1.29 is 9.53 Å². The van der Waals surface area contributed by atoms with Crippen molar-refractivity contribution >= 4 is 11.8 Å². The van der Waals surface area contributed by atoms with E-state index in [9.17, 15) is 4.79 Å². The molecule has 0 aliphatic carbocycles. The highest BCUT2D eigenvalue weighted by Gasteiger charge is 2.07. The van der Waals surface area contributed by atoms with Crippen molar-refractivity contribution in [2.24, 2.45) is 0 Å². The van der Waals surface area contributed by atoms with Crippen molar-refractivity contribution in [2.45, 2.75) is 13.5 Å². The Bertz CT molecular complexity index is 569. The summed E-state index contributed by atoms with van der Waals surface area (Å²) in [6.45, 7) is 2.55. The third-order valence-corrected chi connectivity index (χ3v) is 2.61. The maximum Gasteiger partial charge on any atom is 0.358 e. The monoisotopic (exact) mass is 258 g/mol. The van der Waals surface area contributed by atoms with E-state index in [-0.39, 0.29) is 5.69 Å². The number of rotatable bonds is 4. The largest absolute Gasteiger partial charge is 0.464 e. The minimum atomic E-state index is -0.500. The molecule has 19 heavy (non-hydrogen) atoms. The number of hydrogen-bond acceptors (Lipinski definition) is 6. The zero-order valence-corrected chi connectivity index (χ0v) is 10.8. The number of esters is 1. The van der Waals surface area contributed by atoms with Gasteiger partial charge in [0.05, 0.1) is 19.3 Å². The van der Waals surface area contributed by atoms with E-state index in [1.165, 1.54) is 7.11 Å². The van der Waals surface area contributed by atoms with E-state index in [1.54, 1.807) is 18.3 Å². The Labute approximate surface area is 110 Å². The van der Waals surface area contributed by atoms with Gasteiger partial charge in [-0.05, 0) is 30.7 Å². The van der Waals surface area contributed by atoms with Crippen molar-refractivity contribution in [3.05, 3.63) is 47.4 Å². The van der Waals surface area contributed by atoms with Gasteiger partial charge in [0.2, 0.25) is 0 Å². The van der Waals surface area contributed by atoms with Gasteiger partial charge in [0, 0.05) is 6.20 Å². The number of nitrogens with zero attached hydrogens (tertiary/aromatic N) is 3. The molecule has 6 heteroatoms. The molecule has 2 aromatic rings. The van der Waals surface area contributed by atoms with Gasteiger partial charge in [-0.25, -0.2) is 4.79 Å². The number of pyridine rings is 1. The minimum Gasteiger partial charge on any atom is -0.464 e. The van der Waals surface area contributed by atoms with Crippen LogP contribution in [0, 0.1) is 6.92 Å². The van der Waals surface area contributed by atoms with Crippen LogP contribution in [0.25, 0.3) is 0 Å². The van der Waals surface area contributed by atoms with E-state index in [0.717, 1.165) is 11.3 Å². The van der Waals surface area contributed by atoms with E-state index < -0.39 is 5.97 Å². The van der Waals surface area contributed by atoms with Crippen molar-refractivity contribution in [1.82, 2.24) is 15.2 Å². The highest BCUT2D eigenvalue weighted by Crippen LogP contribution is 2.07. The molecule has 0 aliphatic heterocycles. The Morgan fingerprint density at radius 2 is 2.16 bits per heavy atom. The molecule has 0 unspecified atom stereocenters. The predicted octanol–water partition coefficient (Wildman–Crippen LogP) is 1.58. The fourth-order valence-electron chi connectivity index (χ4n) is 1.52. The van der Waals surface area contributed by atoms with Crippen LogP contribution in [0.5, 0.6) is 0 Å². The van der Waals surface area contributed by atoms with Gasteiger partial charge in [0.25, 0.3) is 0 Å². The maximum atomic E-state index is 11.2. The van der Waals surface area contributed by atoms with Crippen LogP contribution in [0.4, 0.5) is 5.82 Å². The lowest BCUT2D eigenvalue weighted by atomic mass is 10.2. The number of methoxy groups -OCH3 is 1. The smallest absolute Gasteiger partial charge is 0.358 e. The first kappa shape index (κ1) is 12.9. The van der Waals surface area contributed by atoms with Gasteiger partial charge in [0.1, 0.15) is 5.82 Å². The molecular formula is C13H14N4O2. The number of carbonyl (C=O) groups excluding carboxylic acids is 1. The SMILES string of the molecule is COC(=O)c1ccc(NCc2ncccc2C)nn1. The molecule has 0 fully saturated rings. The van der Waals surface area contributed by atoms with Gasteiger partial charge in [-0.3, -0.25) is 4.98 Å². The Morgan fingerprint density at radius 1 is 1.32 bits per heavy atom. The van der Waals surface area contributed by atoms with Crippen molar-refractivity contribution in [3.63, 3.8) is 0 Å². The maximum absolute atomic E-state index is 11.2. The Morgan fingerprint density at radius 3 is 2.79 bits per heavy atom. The number of aryl methyl sites for hydroxylation is 1. The Balaban J connectivity index is 2.01. The van der Waals surface area contributed by atoms with Crippen molar-refractivity contribution in [1.29, 1.82) is 0 Å². The molecule has 2 rings (SSSR count). The van der Waals surface area contributed by atoms with Crippen LogP contribution in [0.1, 0.15) is 21.7 Å². The predicted molar refractivity (Wildman–Crippen MR) is 69.7 cm³/mol. The van der Waals surface area contributed by atoms with Crippen LogP contribution in [-0.4, -0.2) is 28.3 Å². The van der Waals surface area contributed by atoms with Gasteiger partial charge in [0.15, 0.2) is 5.69 Å². The zero-order chi connectivity index (χ0) is 13.7. The summed E-state index contributed by atoms with van der Waals surface area (Å²) in [5.74, 6) is 0.0809. The topological polar surface area (TPSA) is 77.0 Å². The second-order valence-electron chi connectivity index (χ2n) is 3.92. The normalized spacial score (nSPS) is 10.0. The summed E-state index contributed by atoms with van der Waals surface area (Å²) >= 11 is 0. The van der Waals surface area contributed by atoms with Gasteiger partial charge in [-0.1, -0.05) is 6.07 Å². The van der Waals surface area contributed by atoms with Crippen LogP contribution in [0.3, 0.4) is 0 Å². The van der Waals surface area contributed by atoms with E-state index in [2.05, 4.69) is 25.2 Å². The number of aromatic nitrogens is 3. The molecule has 0 amide bonds. The molecule has 1 N–H and O–H groups in total. The third-order valence-electron chi connectivity index (χ3n) is 2.61. The number of anilines is 1. The van der Waals surface area contributed by atoms with Gasteiger partial charge < -0.3 is 10.1 Å². The molecule has 0 saturated heterocycles. The number of carbonyl (C=O) groups is 1. The van der Waals surface area contributed by atoms with Crippen molar-refractivity contribution in [3.8, 4) is 0 Å². The van der Waals surface area contributed by atoms with E-state index in [0.29, 0.717) is 12.4 Å². The van der Waals surface area contributed by atoms with E-state index >= 15 is 0 Å². The molecule has 0 radical (unpaired) electrons. The van der Waals surface area contributed by atoms with E-state index in [1.807, 2.05) is 19.1 Å². The molecule has 2 heterocycles. The lowest BCUT2D eigenvalue weighted by molar-refractivity contribution is 0.0593. The Kier molecular flexibility index (Phi) is 4.02. The summed E-state index contributed by atoms with van der Waals surface area (Å²) in [7, 11) is 1.31. The summed E-state index contributed by atoms with van der Waals surface area (Å²) in [6, 6.07) is 7.13.